The predicted octanol–water partition coefficient (Wildman–Crippen LogP) is 3.09. The Hall–Kier alpha value is -3.35. The van der Waals surface area contributed by atoms with E-state index < -0.39 is 29.6 Å². The Morgan fingerprint density at radius 3 is 1.90 bits per heavy atom. The monoisotopic (exact) mass is 425 g/mol. The molecule has 2 rings (SSSR count). The van der Waals surface area contributed by atoms with Gasteiger partial charge in [0.25, 0.3) is 0 Å². The fourth-order valence-corrected chi connectivity index (χ4v) is 3.22. The van der Waals surface area contributed by atoms with Crippen molar-refractivity contribution in [2.24, 2.45) is 5.73 Å². The van der Waals surface area contributed by atoms with Gasteiger partial charge in [-0.2, -0.15) is 0 Å². The van der Waals surface area contributed by atoms with Gasteiger partial charge in [0.05, 0.1) is 6.42 Å². The van der Waals surface area contributed by atoms with Gasteiger partial charge in [0.1, 0.15) is 11.6 Å². The van der Waals surface area contributed by atoms with Crippen molar-refractivity contribution in [3.63, 3.8) is 0 Å². The molecule has 0 aliphatic rings. The molecule has 2 aromatic rings. The lowest BCUT2D eigenvalue weighted by Gasteiger charge is -2.23. The van der Waals surface area contributed by atoms with Crippen molar-refractivity contribution in [3.8, 4) is 0 Å². The van der Waals surface area contributed by atoms with Crippen LogP contribution in [0.5, 0.6) is 0 Å². The number of hydrogen-bond acceptors (Lipinski definition) is 4. The second-order valence-corrected chi connectivity index (χ2v) is 8.32. The summed E-state index contributed by atoms with van der Waals surface area (Å²) in [5, 5.41) is 5.24. The number of primary amides is 1. The van der Waals surface area contributed by atoms with Gasteiger partial charge in [-0.3, -0.25) is 9.59 Å². The Labute approximate surface area is 183 Å². The lowest BCUT2D eigenvalue weighted by molar-refractivity contribution is -0.127. The zero-order valence-electron chi connectivity index (χ0n) is 18.3. The smallest absolute Gasteiger partial charge is 0.408 e. The summed E-state index contributed by atoms with van der Waals surface area (Å²) in [5.41, 5.74) is 6.81. The van der Waals surface area contributed by atoms with Crippen LogP contribution < -0.4 is 16.4 Å². The lowest BCUT2D eigenvalue weighted by atomic mass is 9.88. The quantitative estimate of drug-likeness (QED) is 0.573. The van der Waals surface area contributed by atoms with Gasteiger partial charge in [-0.1, -0.05) is 60.7 Å². The van der Waals surface area contributed by atoms with Crippen molar-refractivity contribution in [2.75, 3.05) is 6.54 Å². The average molecular weight is 426 g/mol. The van der Waals surface area contributed by atoms with Crippen LogP contribution in [0.25, 0.3) is 0 Å². The molecule has 1 unspecified atom stereocenters. The zero-order valence-corrected chi connectivity index (χ0v) is 18.3. The van der Waals surface area contributed by atoms with Gasteiger partial charge in [-0.05, 0) is 38.3 Å². The third-order valence-corrected chi connectivity index (χ3v) is 4.55. The molecular weight excluding hydrogens is 394 g/mol. The second kappa shape index (κ2) is 11.2. The maximum absolute atomic E-state index is 12.6. The molecule has 0 aliphatic carbocycles. The molecule has 0 saturated carbocycles. The molecule has 1 atom stereocenters. The molecule has 4 N–H and O–H groups in total. The van der Waals surface area contributed by atoms with Crippen LogP contribution in [0.3, 0.4) is 0 Å². The number of ether oxygens (including phenoxy) is 1. The minimum atomic E-state index is -1.10. The Morgan fingerprint density at radius 1 is 0.935 bits per heavy atom. The first-order valence-electron chi connectivity index (χ1n) is 10.3. The summed E-state index contributed by atoms with van der Waals surface area (Å²) < 4.78 is 5.18. The normalized spacial score (nSPS) is 12.1. The van der Waals surface area contributed by atoms with Crippen LogP contribution in [0.15, 0.2) is 60.7 Å². The molecule has 0 fully saturated rings. The molecule has 0 heterocycles. The largest absolute Gasteiger partial charge is 0.444 e. The summed E-state index contributed by atoms with van der Waals surface area (Å²) >= 11 is 0. The summed E-state index contributed by atoms with van der Waals surface area (Å²) in [6.07, 6.45) is -0.443. The molecule has 31 heavy (non-hydrogen) atoms. The first kappa shape index (κ1) is 23.9. The van der Waals surface area contributed by atoms with Crippen LogP contribution in [0.4, 0.5) is 4.79 Å². The molecule has 0 aliphatic heterocycles. The van der Waals surface area contributed by atoms with Gasteiger partial charge < -0.3 is 21.1 Å². The number of carbonyl (C=O) groups excluding carboxylic acids is 3. The standard InChI is InChI=1S/C24H31N3O4/c1-24(2,3)31-23(30)27-20(16-21(25)28)22(29)26-15-14-19(17-10-6-4-7-11-17)18-12-8-5-9-13-18/h4-13,19-20H,14-16H2,1-3H3,(H2,25,28)(H,26,29)(H,27,30). The van der Waals surface area contributed by atoms with Crippen molar-refractivity contribution in [3.05, 3.63) is 71.8 Å². The Morgan fingerprint density at radius 2 is 1.45 bits per heavy atom. The summed E-state index contributed by atoms with van der Waals surface area (Å²) in [5.74, 6) is -1.08. The zero-order chi connectivity index (χ0) is 22.9. The van der Waals surface area contributed by atoms with Gasteiger partial charge in [0.2, 0.25) is 11.8 Å². The fraction of sp³-hybridized carbons (Fsp3) is 0.375. The van der Waals surface area contributed by atoms with E-state index in [2.05, 4.69) is 34.9 Å². The molecule has 0 bridgehead atoms. The Bertz CT molecular complexity index is 824. The summed E-state index contributed by atoms with van der Waals surface area (Å²) in [7, 11) is 0. The minimum Gasteiger partial charge on any atom is -0.444 e. The SMILES string of the molecule is CC(C)(C)OC(=O)NC(CC(N)=O)C(=O)NCCC(c1ccccc1)c1ccccc1. The van der Waals surface area contributed by atoms with E-state index in [-0.39, 0.29) is 12.3 Å². The van der Waals surface area contributed by atoms with Crippen molar-refractivity contribution < 1.29 is 19.1 Å². The maximum atomic E-state index is 12.6. The molecule has 0 spiro atoms. The predicted molar refractivity (Wildman–Crippen MR) is 119 cm³/mol. The van der Waals surface area contributed by atoms with Crippen LogP contribution >= 0.6 is 0 Å². The molecule has 2 aromatic carbocycles. The fourth-order valence-electron chi connectivity index (χ4n) is 3.22. The van der Waals surface area contributed by atoms with E-state index in [0.29, 0.717) is 13.0 Å². The molecule has 0 saturated heterocycles. The number of nitrogens with two attached hydrogens (primary N) is 1. The second-order valence-electron chi connectivity index (χ2n) is 8.32. The minimum absolute atomic E-state index is 0.0936. The number of hydrogen-bond donors (Lipinski definition) is 3. The number of alkyl carbamates (subject to hydrolysis) is 1. The number of nitrogens with one attached hydrogen (secondary N) is 2. The number of benzene rings is 2. The molecule has 0 aromatic heterocycles. The lowest BCUT2D eigenvalue weighted by Crippen LogP contribution is -2.50. The van der Waals surface area contributed by atoms with E-state index in [1.807, 2.05) is 36.4 Å². The van der Waals surface area contributed by atoms with Gasteiger partial charge in [0, 0.05) is 12.5 Å². The highest BCUT2D eigenvalue weighted by atomic mass is 16.6. The van der Waals surface area contributed by atoms with Crippen molar-refractivity contribution in [1.82, 2.24) is 10.6 Å². The molecule has 3 amide bonds. The van der Waals surface area contributed by atoms with Crippen molar-refractivity contribution in [1.29, 1.82) is 0 Å². The van der Waals surface area contributed by atoms with E-state index in [1.54, 1.807) is 20.8 Å². The first-order valence-corrected chi connectivity index (χ1v) is 10.3. The van der Waals surface area contributed by atoms with Crippen LogP contribution in [-0.4, -0.2) is 36.1 Å². The highest BCUT2D eigenvalue weighted by Gasteiger charge is 2.26. The van der Waals surface area contributed by atoms with E-state index in [1.165, 1.54) is 0 Å². The molecule has 0 radical (unpaired) electrons. The third kappa shape index (κ3) is 8.50. The highest BCUT2D eigenvalue weighted by molar-refractivity contribution is 5.90. The van der Waals surface area contributed by atoms with E-state index in [9.17, 15) is 14.4 Å². The van der Waals surface area contributed by atoms with E-state index in [4.69, 9.17) is 10.5 Å². The summed E-state index contributed by atoms with van der Waals surface area (Å²) in [4.78, 5) is 36.1. The Balaban J connectivity index is 2.02. The van der Waals surface area contributed by atoms with Crippen molar-refractivity contribution >= 4 is 17.9 Å². The summed E-state index contributed by atoms with van der Waals surface area (Å²) in [6, 6.07) is 19.0. The topological polar surface area (TPSA) is 111 Å². The number of amides is 3. The van der Waals surface area contributed by atoms with Gasteiger partial charge >= 0.3 is 6.09 Å². The van der Waals surface area contributed by atoms with E-state index >= 15 is 0 Å². The van der Waals surface area contributed by atoms with Crippen LogP contribution in [-0.2, 0) is 14.3 Å². The molecule has 166 valence electrons. The number of rotatable bonds is 9. The number of carbonyl (C=O) groups is 3. The van der Waals surface area contributed by atoms with Crippen LogP contribution in [0.1, 0.15) is 50.7 Å². The summed E-state index contributed by atoms with van der Waals surface area (Å²) in [6.45, 7) is 5.49. The average Bonchev–Trinajstić information content (AvgIpc) is 2.70. The Kier molecular flexibility index (Phi) is 8.61. The van der Waals surface area contributed by atoms with Gasteiger partial charge in [-0.25, -0.2) is 4.79 Å². The molecule has 7 heteroatoms. The molecule has 7 nitrogen and oxygen atoms in total. The van der Waals surface area contributed by atoms with E-state index in [0.717, 1.165) is 11.1 Å². The van der Waals surface area contributed by atoms with Crippen LogP contribution in [0.2, 0.25) is 0 Å². The highest BCUT2D eigenvalue weighted by Crippen LogP contribution is 2.27. The van der Waals surface area contributed by atoms with Crippen molar-refractivity contribution in [2.45, 2.75) is 51.2 Å². The maximum Gasteiger partial charge on any atom is 0.408 e. The van der Waals surface area contributed by atoms with Gasteiger partial charge in [0.15, 0.2) is 0 Å². The van der Waals surface area contributed by atoms with Gasteiger partial charge in [-0.15, -0.1) is 0 Å². The van der Waals surface area contributed by atoms with Crippen LogP contribution in [0, 0.1) is 0 Å². The first-order chi connectivity index (χ1) is 14.7. The third-order valence-electron chi connectivity index (χ3n) is 4.55. The molecular formula is C24H31N3O4.